The van der Waals surface area contributed by atoms with E-state index in [0.29, 0.717) is 17.1 Å². The molecule has 3 rings (SSSR count). The molecule has 1 fully saturated rings. The summed E-state index contributed by atoms with van der Waals surface area (Å²) in [4.78, 5) is 12.6. The third-order valence-corrected chi connectivity index (χ3v) is 4.73. The van der Waals surface area contributed by atoms with Gasteiger partial charge in [-0.15, -0.1) is 0 Å². The van der Waals surface area contributed by atoms with Crippen molar-refractivity contribution in [3.8, 4) is 5.75 Å². The van der Waals surface area contributed by atoms with Gasteiger partial charge >= 0.3 is 0 Å². The van der Waals surface area contributed by atoms with Crippen LogP contribution in [0.3, 0.4) is 0 Å². The van der Waals surface area contributed by atoms with E-state index in [1.165, 1.54) is 0 Å². The molecular weight excluding hydrogens is 320 g/mol. The lowest BCUT2D eigenvalue weighted by Gasteiger charge is -2.28. The molecule has 0 saturated heterocycles. The fourth-order valence-electron chi connectivity index (χ4n) is 3.16. The number of carbonyl (C=O) groups is 1. The molecule has 2 aromatic rings. The SMILES string of the molecule is Cc1noc(C)c1COc1ccccc1C(=O)NC1CCCCC1O. The summed E-state index contributed by atoms with van der Waals surface area (Å²) in [5, 5.41) is 16.9. The zero-order valence-electron chi connectivity index (χ0n) is 14.6. The smallest absolute Gasteiger partial charge is 0.255 e. The maximum atomic E-state index is 12.6. The van der Waals surface area contributed by atoms with Crippen LogP contribution in [0.25, 0.3) is 0 Å². The lowest BCUT2D eigenvalue weighted by atomic mass is 9.92. The van der Waals surface area contributed by atoms with Gasteiger partial charge in [-0.1, -0.05) is 30.1 Å². The van der Waals surface area contributed by atoms with Crippen molar-refractivity contribution in [2.75, 3.05) is 0 Å². The molecule has 6 nitrogen and oxygen atoms in total. The van der Waals surface area contributed by atoms with E-state index in [0.717, 1.165) is 36.9 Å². The van der Waals surface area contributed by atoms with Crippen LogP contribution in [0.5, 0.6) is 5.75 Å². The lowest BCUT2D eigenvalue weighted by Crippen LogP contribution is -2.45. The van der Waals surface area contributed by atoms with Crippen molar-refractivity contribution in [3.05, 3.63) is 46.8 Å². The number of para-hydroxylation sites is 1. The van der Waals surface area contributed by atoms with Crippen molar-refractivity contribution in [2.24, 2.45) is 0 Å². The number of ether oxygens (including phenoxy) is 1. The van der Waals surface area contributed by atoms with Crippen LogP contribution in [0.15, 0.2) is 28.8 Å². The third-order valence-electron chi connectivity index (χ3n) is 4.73. The fraction of sp³-hybridized carbons (Fsp3) is 0.474. The second kappa shape index (κ2) is 7.70. The topological polar surface area (TPSA) is 84.6 Å². The van der Waals surface area contributed by atoms with Crippen LogP contribution in [0.1, 0.15) is 53.1 Å². The van der Waals surface area contributed by atoms with E-state index < -0.39 is 6.10 Å². The summed E-state index contributed by atoms with van der Waals surface area (Å²) in [5.41, 5.74) is 2.13. The van der Waals surface area contributed by atoms with Gasteiger partial charge in [-0.05, 0) is 38.8 Å². The van der Waals surface area contributed by atoms with E-state index in [1.807, 2.05) is 19.9 Å². The summed E-state index contributed by atoms with van der Waals surface area (Å²) >= 11 is 0. The molecular formula is C19H24N2O4. The molecule has 1 aliphatic carbocycles. The standard InChI is InChI=1S/C19H24N2O4/c1-12-15(13(2)25-21-12)11-24-18-10-6-3-7-14(18)19(23)20-16-8-4-5-9-17(16)22/h3,6-7,10,16-17,22H,4-5,8-9,11H2,1-2H3,(H,20,23). The van der Waals surface area contributed by atoms with Gasteiger partial charge in [0.05, 0.1) is 29.0 Å². The zero-order valence-corrected chi connectivity index (χ0v) is 14.6. The number of hydrogen-bond donors (Lipinski definition) is 2. The molecule has 1 saturated carbocycles. The largest absolute Gasteiger partial charge is 0.488 e. The van der Waals surface area contributed by atoms with Crippen LogP contribution in [0, 0.1) is 13.8 Å². The molecule has 1 aromatic carbocycles. The predicted octanol–water partition coefficient (Wildman–Crippen LogP) is 2.90. The minimum absolute atomic E-state index is 0.197. The Bertz CT molecular complexity index is 721. The highest BCUT2D eigenvalue weighted by molar-refractivity contribution is 5.97. The maximum absolute atomic E-state index is 12.6. The number of carbonyl (C=O) groups excluding carboxylic acids is 1. The van der Waals surface area contributed by atoms with E-state index in [-0.39, 0.29) is 18.6 Å². The van der Waals surface area contributed by atoms with Crippen LogP contribution in [0.2, 0.25) is 0 Å². The molecule has 25 heavy (non-hydrogen) atoms. The molecule has 0 bridgehead atoms. The number of rotatable bonds is 5. The number of aromatic nitrogens is 1. The first-order valence-electron chi connectivity index (χ1n) is 8.68. The second-order valence-corrected chi connectivity index (χ2v) is 6.52. The highest BCUT2D eigenvalue weighted by Crippen LogP contribution is 2.23. The van der Waals surface area contributed by atoms with Gasteiger partial charge in [-0.2, -0.15) is 0 Å². The van der Waals surface area contributed by atoms with E-state index >= 15 is 0 Å². The Balaban J connectivity index is 1.70. The second-order valence-electron chi connectivity index (χ2n) is 6.52. The summed E-state index contributed by atoms with van der Waals surface area (Å²) < 4.78 is 11.0. The summed E-state index contributed by atoms with van der Waals surface area (Å²) in [6, 6.07) is 6.93. The van der Waals surface area contributed by atoms with E-state index in [2.05, 4.69) is 10.5 Å². The van der Waals surface area contributed by atoms with Gasteiger partial charge < -0.3 is 19.7 Å². The lowest BCUT2D eigenvalue weighted by molar-refractivity contribution is 0.0714. The molecule has 0 aliphatic heterocycles. The van der Waals surface area contributed by atoms with Gasteiger partial charge in [0.25, 0.3) is 5.91 Å². The van der Waals surface area contributed by atoms with Crippen LogP contribution in [-0.2, 0) is 6.61 Å². The highest BCUT2D eigenvalue weighted by atomic mass is 16.5. The number of benzene rings is 1. The van der Waals surface area contributed by atoms with Crippen molar-refractivity contribution in [2.45, 2.75) is 58.3 Å². The number of hydrogen-bond acceptors (Lipinski definition) is 5. The van der Waals surface area contributed by atoms with Crippen molar-refractivity contribution < 1.29 is 19.2 Å². The average Bonchev–Trinajstić information content (AvgIpc) is 2.93. The van der Waals surface area contributed by atoms with Crippen LogP contribution >= 0.6 is 0 Å². The zero-order chi connectivity index (χ0) is 17.8. The molecule has 1 aliphatic rings. The summed E-state index contributed by atoms with van der Waals surface area (Å²) in [6.07, 6.45) is 3.08. The maximum Gasteiger partial charge on any atom is 0.255 e. The Hall–Kier alpha value is -2.34. The third kappa shape index (κ3) is 4.02. The molecule has 2 atom stereocenters. The molecule has 2 unspecified atom stereocenters. The van der Waals surface area contributed by atoms with Gasteiger partial charge in [0.1, 0.15) is 18.1 Å². The number of aliphatic hydroxyl groups excluding tert-OH is 1. The normalized spacial score (nSPS) is 20.3. The van der Waals surface area contributed by atoms with Crippen LogP contribution < -0.4 is 10.1 Å². The Labute approximate surface area is 147 Å². The van der Waals surface area contributed by atoms with Crippen molar-refractivity contribution in [3.63, 3.8) is 0 Å². The summed E-state index contributed by atoms with van der Waals surface area (Å²) in [6.45, 7) is 3.98. The highest BCUT2D eigenvalue weighted by Gasteiger charge is 2.26. The average molecular weight is 344 g/mol. The van der Waals surface area contributed by atoms with Crippen molar-refractivity contribution in [1.82, 2.24) is 10.5 Å². The fourth-order valence-corrected chi connectivity index (χ4v) is 3.16. The van der Waals surface area contributed by atoms with Gasteiger partial charge in [-0.25, -0.2) is 0 Å². The van der Waals surface area contributed by atoms with Gasteiger partial charge in [-0.3, -0.25) is 4.79 Å². The summed E-state index contributed by atoms with van der Waals surface area (Å²) in [7, 11) is 0. The molecule has 2 N–H and O–H groups in total. The number of aryl methyl sites for hydroxylation is 2. The van der Waals surface area contributed by atoms with Gasteiger partial charge in [0.2, 0.25) is 0 Å². The predicted molar refractivity (Wildman–Crippen MR) is 92.5 cm³/mol. The quantitative estimate of drug-likeness (QED) is 0.871. The molecule has 6 heteroatoms. The number of nitrogens with one attached hydrogen (secondary N) is 1. The molecule has 0 radical (unpaired) electrons. The van der Waals surface area contributed by atoms with E-state index in [1.54, 1.807) is 18.2 Å². The molecule has 134 valence electrons. The van der Waals surface area contributed by atoms with Crippen LogP contribution in [-0.4, -0.2) is 28.3 Å². The molecule has 1 heterocycles. The Morgan fingerprint density at radius 2 is 2.08 bits per heavy atom. The van der Waals surface area contributed by atoms with Gasteiger partial charge in [0, 0.05) is 0 Å². The first-order chi connectivity index (χ1) is 12.1. The minimum atomic E-state index is -0.479. The monoisotopic (exact) mass is 344 g/mol. The van der Waals surface area contributed by atoms with Crippen molar-refractivity contribution in [1.29, 1.82) is 0 Å². The van der Waals surface area contributed by atoms with Gasteiger partial charge in [0.15, 0.2) is 0 Å². The molecule has 1 aromatic heterocycles. The molecule has 1 amide bonds. The van der Waals surface area contributed by atoms with Crippen LogP contribution in [0.4, 0.5) is 0 Å². The summed E-state index contributed by atoms with van der Waals surface area (Å²) in [5.74, 6) is 0.996. The van der Waals surface area contributed by atoms with Crippen molar-refractivity contribution >= 4 is 5.91 Å². The number of nitrogens with zero attached hydrogens (tertiary/aromatic N) is 1. The first kappa shape index (κ1) is 17.5. The molecule has 0 spiro atoms. The number of amides is 1. The Morgan fingerprint density at radius 1 is 1.32 bits per heavy atom. The Morgan fingerprint density at radius 3 is 2.80 bits per heavy atom. The number of aliphatic hydroxyl groups is 1. The first-order valence-corrected chi connectivity index (χ1v) is 8.68. The Kier molecular flexibility index (Phi) is 5.38. The minimum Gasteiger partial charge on any atom is -0.488 e. The van der Waals surface area contributed by atoms with E-state index in [4.69, 9.17) is 9.26 Å². The van der Waals surface area contributed by atoms with E-state index in [9.17, 15) is 9.90 Å².